The number of rotatable bonds is 7. The van der Waals surface area contributed by atoms with Crippen LogP contribution in [0.15, 0.2) is 42.5 Å². The minimum Gasteiger partial charge on any atom is -0.494 e. The fraction of sp³-hybridized carbons (Fsp3) is 0.278. The van der Waals surface area contributed by atoms with E-state index in [1.54, 1.807) is 43.3 Å². The summed E-state index contributed by atoms with van der Waals surface area (Å²) in [7, 11) is -3.66. The Labute approximate surface area is 158 Å². The van der Waals surface area contributed by atoms with Crippen LogP contribution in [0.4, 0.5) is 11.4 Å². The molecule has 26 heavy (non-hydrogen) atoms. The van der Waals surface area contributed by atoms with Crippen LogP contribution < -0.4 is 14.4 Å². The maximum atomic E-state index is 12.4. The summed E-state index contributed by atoms with van der Waals surface area (Å²) in [4.78, 5) is 12.4. The van der Waals surface area contributed by atoms with E-state index >= 15 is 0 Å². The van der Waals surface area contributed by atoms with E-state index in [0.29, 0.717) is 34.3 Å². The van der Waals surface area contributed by atoms with Gasteiger partial charge in [-0.05, 0) is 55.8 Å². The number of anilines is 2. The summed E-state index contributed by atoms with van der Waals surface area (Å²) < 4.78 is 30.8. The first kappa shape index (κ1) is 20.1. The molecule has 0 heterocycles. The van der Waals surface area contributed by atoms with Crippen LogP contribution in [0.1, 0.15) is 12.5 Å². The number of benzene rings is 2. The highest BCUT2D eigenvalue weighted by molar-refractivity contribution is 7.92. The van der Waals surface area contributed by atoms with Crippen LogP contribution in [-0.2, 0) is 14.8 Å². The van der Waals surface area contributed by atoms with E-state index in [4.69, 9.17) is 16.3 Å². The molecule has 2 aromatic carbocycles. The molecule has 0 bridgehead atoms. The van der Waals surface area contributed by atoms with Crippen LogP contribution in [0.2, 0.25) is 5.02 Å². The highest BCUT2D eigenvalue weighted by Crippen LogP contribution is 2.26. The third kappa shape index (κ3) is 5.37. The zero-order valence-electron chi connectivity index (χ0n) is 14.8. The lowest BCUT2D eigenvalue weighted by Crippen LogP contribution is -2.37. The molecular formula is C18H21ClN2O4S. The minimum atomic E-state index is -3.66. The topological polar surface area (TPSA) is 75.7 Å². The summed E-state index contributed by atoms with van der Waals surface area (Å²) in [6.07, 6.45) is 1.05. The molecule has 0 fully saturated rings. The first-order chi connectivity index (χ1) is 12.2. The Balaban J connectivity index is 2.18. The van der Waals surface area contributed by atoms with Gasteiger partial charge < -0.3 is 10.1 Å². The van der Waals surface area contributed by atoms with Gasteiger partial charge in [-0.15, -0.1) is 0 Å². The molecule has 0 atom stereocenters. The van der Waals surface area contributed by atoms with E-state index in [0.717, 1.165) is 10.6 Å². The maximum Gasteiger partial charge on any atom is 0.245 e. The normalized spacial score (nSPS) is 11.1. The fourth-order valence-electron chi connectivity index (χ4n) is 2.36. The van der Waals surface area contributed by atoms with Crippen molar-refractivity contribution in [3.8, 4) is 5.75 Å². The highest BCUT2D eigenvalue weighted by Gasteiger charge is 2.22. The third-order valence-corrected chi connectivity index (χ3v) is 4.94. The molecule has 0 aromatic heterocycles. The molecule has 0 aliphatic heterocycles. The number of halogens is 1. The molecule has 140 valence electrons. The van der Waals surface area contributed by atoms with Gasteiger partial charge in [0.1, 0.15) is 12.3 Å². The Morgan fingerprint density at radius 3 is 2.42 bits per heavy atom. The number of ether oxygens (including phenoxy) is 1. The van der Waals surface area contributed by atoms with E-state index < -0.39 is 15.9 Å². The van der Waals surface area contributed by atoms with E-state index in [9.17, 15) is 13.2 Å². The van der Waals surface area contributed by atoms with E-state index in [1.165, 1.54) is 6.07 Å². The molecule has 0 radical (unpaired) electrons. The molecule has 0 unspecified atom stereocenters. The SMILES string of the molecule is CCOc1ccc(NC(=O)CN(c2cc(Cl)ccc2C)S(C)(=O)=O)cc1. The monoisotopic (exact) mass is 396 g/mol. The van der Waals surface area contributed by atoms with Gasteiger partial charge in [0, 0.05) is 10.7 Å². The largest absolute Gasteiger partial charge is 0.494 e. The average Bonchev–Trinajstić information content (AvgIpc) is 2.56. The van der Waals surface area contributed by atoms with Crippen LogP contribution in [0, 0.1) is 6.92 Å². The third-order valence-electron chi connectivity index (χ3n) is 3.58. The Hall–Kier alpha value is -2.25. The zero-order chi connectivity index (χ0) is 19.3. The molecule has 6 nitrogen and oxygen atoms in total. The van der Waals surface area contributed by atoms with Gasteiger partial charge in [0.25, 0.3) is 0 Å². The maximum absolute atomic E-state index is 12.4. The van der Waals surface area contributed by atoms with Crippen molar-refractivity contribution in [3.05, 3.63) is 53.1 Å². The zero-order valence-corrected chi connectivity index (χ0v) is 16.4. The van der Waals surface area contributed by atoms with Crippen molar-refractivity contribution in [2.45, 2.75) is 13.8 Å². The van der Waals surface area contributed by atoms with Gasteiger partial charge in [0.2, 0.25) is 15.9 Å². The number of sulfonamides is 1. The fourth-order valence-corrected chi connectivity index (χ4v) is 3.44. The van der Waals surface area contributed by atoms with Crippen LogP contribution in [0.25, 0.3) is 0 Å². The summed E-state index contributed by atoms with van der Waals surface area (Å²) in [6, 6.07) is 11.8. The number of nitrogens with zero attached hydrogens (tertiary/aromatic N) is 1. The first-order valence-electron chi connectivity index (χ1n) is 7.97. The van der Waals surface area contributed by atoms with Crippen molar-refractivity contribution >= 4 is 38.9 Å². The Morgan fingerprint density at radius 2 is 1.85 bits per heavy atom. The second-order valence-electron chi connectivity index (χ2n) is 5.71. The van der Waals surface area contributed by atoms with Gasteiger partial charge in [-0.25, -0.2) is 8.42 Å². The first-order valence-corrected chi connectivity index (χ1v) is 10.2. The Morgan fingerprint density at radius 1 is 1.19 bits per heavy atom. The van der Waals surface area contributed by atoms with Crippen molar-refractivity contribution < 1.29 is 17.9 Å². The summed E-state index contributed by atoms with van der Waals surface area (Å²) in [6.45, 7) is 3.84. The van der Waals surface area contributed by atoms with Gasteiger partial charge in [0.15, 0.2) is 0 Å². The molecule has 0 aliphatic rings. The van der Waals surface area contributed by atoms with E-state index in [2.05, 4.69) is 5.32 Å². The summed E-state index contributed by atoms with van der Waals surface area (Å²) >= 11 is 5.98. The molecule has 8 heteroatoms. The van der Waals surface area contributed by atoms with E-state index in [1.807, 2.05) is 6.92 Å². The van der Waals surface area contributed by atoms with E-state index in [-0.39, 0.29) is 6.54 Å². The number of hydrogen-bond donors (Lipinski definition) is 1. The molecule has 2 aromatic rings. The van der Waals surface area contributed by atoms with Crippen LogP contribution >= 0.6 is 11.6 Å². The molecule has 0 saturated carbocycles. The minimum absolute atomic E-state index is 0.354. The number of carbonyl (C=O) groups is 1. The van der Waals surface area contributed by atoms with Crippen LogP contribution in [-0.4, -0.2) is 33.7 Å². The van der Waals surface area contributed by atoms with Crippen molar-refractivity contribution in [1.82, 2.24) is 0 Å². The molecular weight excluding hydrogens is 376 g/mol. The number of amides is 1. The van der Waals surface area contributed by atoms with Crippen molar-refractivity contribution in [3.63, 3.8) is 0 Å². The molecule has 0 saturated heterocycles. The smallest absolute Gasteiger partial charge is 0.245 e. The predicted octanol–water partition coefficient (Wildman–Crippen LogP) is 3.45. The lowest BCUT2D eigenvalue weighted by atomic mass is 10.2. The number of nitrogens with one attached hydrogen (secondary N) is 1. The quantitative estimate of drug-likeness (QED) is 0.777. The Kier molecular flexibility index (Phi) is 6.50. The number of carbonyl (C=O) groups excluding carboxylic acids is 1. The molecule has 0 spiro atoms. The summed E-state index contributed by atoms with van der Waals surface area (Å²) in [5.74, 6) is 0.233. The lowest BCUT2D eigenvalue weighted by Gasteiger charge is -2.23. The van der Waals surface area contributed by atoms with Gasteiger partial charge in [-0.2, -0.15) is 0 Å². The lowest BCUT2D eigenvalue weighted by molar-refractivity contribution is -0.114. The second-order valence-corrected chi connectivity index (χ2v) is 8.05. The number of hydrogen-bond acceptors (Lipinski definition) is 4. The highest BCUT2D eigenvalue weighted by atomic mass is 35.5. The van der Waals surface area contributed by atoms with Gasteiger partial charge in [0.05, 0.1) is 18.6 Å². The van der Waals surface area contributed by atoms with Gasteiger partial charge in [-0.3, -0.25) is 9.10 Å². The predicted molar refractivity (Wildman–Crippen MR) is 105 cm³/mol. The van der Waals surface area contributed by atoms with Crippen LogP contribution in [0.5, 0.6) is 5.75 Å². The average molecular weight is 397 g/mol. The van der Waals surface area contributed by atoms with Crippen LogP contribution in [0.3, 0.4) is 0 Å². The molecule has 0 aliphatic carbocycles. The van der Waals surface area contributed by atoms with Gasteiger partial charge in [-0.1, -0.05) is 17.7 Å². The van der Waals surface area contributed by atoms with Crippen molar-refractivity contribution in [2.75, 3.05) is 29.0 Å². The summed E-state index contributed by atoms with van der Waals surface area (Å²) in [5.41, 5.74) is 1.63. The van der Waals surface area contributed by atoms with Crippen molar-refractivity contribution in [1.29, 1.82) is 0 Å². The Bertz CT molecular complexity index is 883. The molecule has 2 rings (SSSR count). The standard InChI is InChI=1S/C18H21ClN2O4S/c1-4-25-16-9-7-15(8-10-16)20-18(22)12-21(26(3,23)24)17-11-14(19)6-5-13(17)2/h5-11H,4,12H2,1-3H3,(H,20,22). The van der Waals surface area contributed by atoms with Crippen molar-refractivity contribution in [2.24, 2.45) is 0 Å². The molecule has 1 amide bonds. The molecule has 1 N–H and O–H groups in total. The second kappa shape index (κ2) is 8.42. The van der Waals surface area contributed by atoms with Gasteiger partial charge >= 0.3 is 0 Å². The number of aryl methyl sites for hydroxylation is 1. The summed E-state index contributed by atoms with van der Waals surface area (Å²) in [5, 5.41) is 3.08.